The third kappa shape index (κ3) is 3.02. The molecule has 1 fully saturated rings. The smallest absolute Gasteiger partial charge is 0.148 e. The number of hydrazine groups is 1. The van der Waals surface area contributed by atoms with Crippen LogP contribution in [0.1, 0.15) is 38.2 Å². The van der Waals surface area contributed by atoms with Crippen LogP contribution in [-0.4, -0.2) is 48.1 Å². The first kappa shape index (κ1) is 15.0. The number of hydrogen-bond acceptors (Lipinski definition) is 6. The van der Waals surface area contributed by atoms with Gasteiger partial charge in [-0.25, -0.2) is 15.8 Å². The zero-order valence-electron chi connectivity index (χ0n) is 12.9. The van der Waals surface area contributed by atoms with Crippen LogP contribution in [0.25, 0.3) is 0 Å². The highest BCUT2D eigenvalue weighted by molar-refractivity contribution is 5.60. The minimum atomic E-state index is 0.331. The van der Waals surface area contributed by atoms with Gasteiger partial charge in [-0.05, 0) is 32.9 Å². The normalized spacial score (nSPS) is 19.1. The summed E-state index contributed by atoms with van der Waals surface area (Å²) in [6.45, 7) is 6.41. The van der Waals surface area contributed by atoms with Crippen LogP contribution in [0.15, 0.2) is 6.33 Å². The lowest BCUT2D eigenvalue weighted by atomic mass is 10.0. The Kier molecular flexibility index (Phi) is 4.77. The average Bonchev–Trinajstić information content (AvgIpc) is 2.84. The molecule has 0 aromatic carbocycles. The molecule has 3 N–H and O–H groups in total. The largest absolute Gasteiger partial charge is 0.352 e. The lowest BCUT2D eigenvalue weighted by Gasteiger charge is -2.30. The van der Waals surface area contributed by atoms with E-state index in [0.29, 0.717) is 12.0 Å². The summed E-state index contributed by atoms with van der Waals surface area (Å²) in [5.41, 5.74) is 3.82. The van der Waals surface area contributed by atoms with Crippen LogP contribution in [0.4, 0.5) is 11.6 Å². The molecule has 1 aliphatic heterocycles. The third-order valence-electron chi connectivity index (χ3n) is 3.80. The summed E-state index contributed by atoms with van der Waals surface area (Å²) in [7, 11) is 4.24. The molecule has 6 nitrogen and oxygen atoms in total. The number of aromatic nitrogens is 2. The molecule has 1 unspecified atom stereocenters. The molecule has 2 heterocycles. The predicted octanol–water partition coefficient (Wildman–Crippen LogP) is 1.42. The van der Waals surface area contributed by atoms with Crippen LogP contribution in [-0.2, 0) is 0 Å². The molecule has 1 saturated heterocycles. The summed E-state index contributed by atoms with van der Waals surface area (Å²) < 4.78 is 0. The first-order valence-corrected chi connectivity index (χ1v) is 7.27. The van der Waals surface area contributed by atoms with Crippen molar-refractivity contribution >= 4 is 11.6 Å². The maximum absolute atomic E-state index is 5.60. The Morgan fingerprint density at radius 1 is 1.45 bits per heavy atom. The fourth-order valence-electron chi connectivity index (χ4n) is 2.99. The Balaban J connectivity index is 2.36. The van der Waals surface area contributed by atoms with E-state index < -0.39 is 0 Å². The number of nitrogens with two attached hydrogens (primary N) is 1. The second-order valence-electron chi connectivity index (χ2n) is 6.01. The van der Waals surface area contributed by atoms with E-state index in [1.54, 1.807) is 6.33 Å². The Hall–Kier alpha value is -1.40. The Bertz CT molecular complexity index is 445. The topological polar surface area (TPSA) is 70.3 Å². The molecule has 20 heavy (non-hydrogen) atoms. The Morgan fingerprint density at radius 3 is 2.80 bits per heavy atom. The maximum Gasteiger partial charge on any atom is 0.148 e. The molecule has 0 saturated carbocycles. The SMILES string of the molecule is CC(C)c1c(NN)ncnc1N1CCCC1CN(C)C. The number of nitrogen functional groups attached to an aromatic ring is 1. The van der Waals surface area contributed by atoms with Crippen LogP contribution in [0, 0.1) is 0 Å². The minimum absolute atomic E-state index is 0.331. The molecule has 2 rings (SSSR count). The molecule has 0 radical (unpaired) electrons. The van der Waals surface area contributed by atoms with Crippen molar-refractivity contribution in [3.63, 3.8) is 0 Å². The van der Waals surface area contributed by atoms with E-state index in [4.69, 9.17) is 5.84 Å². The minimum Gasteiger partial charge on any atom is -0.352 e. The van der Waals surface area contributed by atoms with E-state index in [2.05, 4.69) is 53.1 Å². The van der Waals surface area contributed by atoms with Crippen molar-refractivity contribution in [2.24, 2.45) is 5.84 Å². The van der Waals surface area contributed by atoms with Gasteiger partial charge in [0.2, 0.25) is 0 Å². The molecular formula is C14H26N6. The number of rotatable bonds is 5. The summed E-state index contributed by atoms with van der Waals surface area (Å²) in [5, 5.41) is 0. The number of anilines is 2. The molecule has 0 bridgehead atoms. The lowest BCUT2D eigenvalue weighted by molar-refractivity contribution is 0.371. The van der Waals surface area contributed by atoms with Gasteiger partial charge in [-0.2, -0.15) is 0 Å². The second kappa shape index (κ2) is 6.37. The first-order valence-electron chi connectivity index (χ1n) is 7.27. The molecule has 6 heteroatoms. The van der Waals surface area contributed by atoms with E-state index in [-0.39, 0.29) is 0 Å². The molecular weight excluding hydrogens is 252 g/mol. The molecule has 1 aromatic rings. The van der Waals surface area contributed by atoms with Gasteiger partial charge in [-0.3, -0.25) is 0 Å². The standard InChI is InChI=1S/C14H26N6/c1-10(2)12-13(18-15)16-9-17-14(12)20-7-5-6-11(20)8-19(3)4/h9-11H,5-8,15H2,1-4H3,(H,16,17,18). The number of nitrogens with zero attached hydrogens (tertiary/aromatic N) is 4. The quantitative estimate of drug-likeness (QED) is 0.627. The van der Waals surface area contributed by atoms with Crippen molar-refractivity contribution in [1.82, 2.24) is 14.9 Å². The van der Waals surface area contributed by atoms with Gasteiger partial charge >= 0.3 is 0 Å². The van der Waals surface area contributed by atoms with E-state index in [9.17, 15) is 0 Å². The van der Waals surface area contributed by atoms with E-state index >= 15 is 0 Å². The molecule has 0 aliphatic carbocycles. The average molecular weight is 278 g/mol. The van der Waals surface area contributed by atoms with Crippen LogP contribution in [0.5, 0.6) is 0 Å². The van der Waals surface area contributed by atoms with Crippen LogP contribution < -0.4 is 16.2 Å². The summed E-state index contributed by atoms with van der Waals surface area (Å²) in [4.78, 5) is 13.5. The predicted molar refractivity (Wildman–Crippen MR) is 82.9 cm³/mol. The zero-order chi connectivity index (χ0) is 14.7. The zero-order valence-corrected chi connectivity index (χ0v) is 12.9. The van der Waals surface area contributed by atoms with Crippen molar-refractivity contribution in [2.75, 3.05) is 37.5 Å². The highest BCUT2D eigenvalue weighted by Crippen LogP contribution is 2.34. The molecule has 112 valence electrons. The first-order chi connectivity index (χ1) is 9.54. The maximum atomic E-state index is 5.60. The number of nitrogens with one attached hydrogen (secondary N) is 1. The van der Waals surface area contributed by atoms with Crippen molar-refractivity contribution in [1.29, 1.82) is 0 Å². The molecule has 1 aromatic heterocycles. The third-order valence-corrected chi connectivity index (χ3v) is 3.80. The number of likely N-dealkylation sites (N-methyl/N-ethyl adjacent to an activating group) is 1. The monoisotopic (exact) mass is 278 g/mol. The van der Waals surface area contributed by atoms with E-state index in [1.807, 2.05) is 0 Å². The highest BCUT2D eigenvalue weighted by atomic mass is 15.3. The Labute approximate surface area is 121 Å². The highest BCUT2D eigenvalue weighted by Gasteiger charge is 2.29. The van der Waals surface area contributed by atoms with Gasteiger partial charge in [-0.1, -0.05) is 13.8 Å². The fourth-order valence-corrected chi connectivity index (χ4v) is 2.99. The van der Waals surface area contributed by atoms with Gasteiger partial charge in [0, 0.05) is 24.7 Å². The van der Waals surface area contributed by atoms with Gasteiger partial charge < -0.3 is 15.2 Å². The molecule has 0 amide bonds. The van der Waals surface area contributed by atoms with Crippen molar-refractivity contribution in [2.45, 2.75) is 38.6 Å². The van der Waals surface area contributed by atoms with Crippen molar-refractivity contribution in [3.05, 3.63) is 11.9 Å². The van der Waals surface area contributed by atoms with Crippen molar-refractivity contribution in [3.8, 4) is 0 Å². The van der Waals surface area contributed by atoms with Gasteiger partial charge in [0.05, 0.1) is 0 Å². The lowest BCUT2D eigenvalue weighted by Crippen LogP contribution is -2.38. The van der Waals surface area contributed by atoms with Crippen LogP contribution in [0.2, 0.25) is 0 Å². The summed E-state index contributed by atoms with van der Waals surface area (Å²) >= 11 is 0. The van der Waals surface area contributed by atoms with Crippen LogP contribution in [0.3, 0.4) is 0 Å². The van der Waals surface area contributed by atoms with E-state index in [0.717, 1.165) is 30.3 Å². The van der Waals surface area contributed by atoms with Gasteiger partial charge in [0.15, 0.2) is 0 Å². The molecule has 1 aliphatic rings. The van der Waals surface area contributed by atoms with Crippen LogP contribution >= 0.6 is 0 Å². The summed E-state index contributed by atoms with van der Waals surface area (Å²) in [5.74, 6) is 7.71. The van der Waals surface area contributed by atoms with Crippen molar-refractivity contribution < 1.29 is 0 Å². The van der Waals surface area contributed by atoms with Gasteiger partial charge in [0.1, 0.15) is 18.0 Å². The summed E-state index contributed by atoms with van der Waals surface area (Å²) in [6, 6.07) is 0.517. The second-order valence-corrected chi connectivity index (χ2v) is 6.01. The number of hydrogen-bond donors (Lipinski definition) is 2. The van der Waals surface area contributed by atoms with Gasteiger partial charge in [0.25, 0.3) is 0 Å². The summed E-state index contributed by atoms with van der Waals surface area (Å²) in [6.07, 6.45) is 4.03. The Morgan fingerprint density at radius 2 is 2.20 bits per heavy atom. The van der Waals surface area contributed by atoms with E-state index in [1.165, 1.54) is 12.8 Å². The fraction of sp³-hybridized carbons (Fsp3) is 0.714. The molecule has 1 atom stereocenters. The van der Waals surface area contributed by atoms with Gasteiger partial charge in [-0.15, -0.1) is 0 Å². The molecule has 0 spiro atoms.